The van der Waals surface area contributed by atoms with Gasteiger partial charge < -0.3 is 15.1 Å². The predicted molar refractivity (Wildman–Crippen MR) is 152 cm³/mol. The Bertz CT molecular complexity index is 1370. The summed E-state index contributed by atoms with van der Waals surface area (Å²) in [6.45, 7) is 7.19. The summed E-state index contributed by atoms with van der Waals surface area (Å²) >= 11 is 5.16. The van der Waals surface area contributed by atoms with Gasteiger partial charge in [0.15, 0.2) is 0 Å². The number of nitrogens with zero attached hydrogens (tertiary/aromatic N) is 3. The molecule has 1 fully saturated rings. The van der Waals surface area contributed by atoms with E-state index in [-0.39, 0.29) is 23.6 Å². The second-order valence-corrected chi connectivity index (χ2v) is 12.0. The maximum atomic E-state index is 13.9. The Morgan fingerprint density at radius 2 is 1.95 bits per heavy atom. The maximum absolute atomic E-state index is 13.9. The molecule has 3 heterocycles. The van der Waals surface area contributed by atoms with Crippen LogP contribution < -0.4 is 5.32 Å². The van der Waals surface area contributed by atoms with Crippen molar-refractivity contribution in [2.24, 2.45) is 5.92 Å². The van der Waals surface area contributed by atoms with Gasteiger partial charge in [0, 0.05) is 29.7 Å². The lowest BCUT2D eigenvalue weighted by molar-refractivity contribution is -0.143. The lowest BCUT2D eigenvalue weighted by Gasteiger charge is -2.35. The molecular weight excluding hydrogens is 564 g/mol. The van der Waals surface area contributed by atoms with Gasteiger partial charge in [-0.2, -0.15) is 0 Å². The monoisotopic (exact) mass is 594 g/mol. The summed E-state index contributed by atoms with van der Waals surface area (Å²) < 4.78 is 0.870. The van der Waals surface area contributed by atoms with Gasteiger partial charge in [0.2, 0.25) is 11.8 Å². The first kappa shape index (κ1) is 26.6. The summed E-state index contributed by atoms with van der Waals surface area (Å²) in [5.74, 6) is -0.534. The Kier molecular flexibility index (Phi) is 7.68. The van der Waals surface area contributed by atoms with Crippen molar-refractivity contribution in [1.82, 2.24) is 20.1 Å². The third-order valence-corrected chi connectivity index (χ3v) is 9.15. The van der Waals surface area contributed by atoms with E-state index < -0.39 is 12.1 Å². The molecule has 0 aliphatic carbocycles. The van der Waals surface area contributed by atoms with Crippen LogP contribution in [0.1, 0.15) is 53.9 Å². The van der Waals surface area contributed by atoms with Crippen molar-refractivity contribution in [3.8, 4) is 10.4 Å². The number of benzene rings is 2. The highest BCUT2D eigenvalue weighted by Crippen LogP contribution is 2.33. The number of thiazole rings is 1. The molecule has 5 rings (SSSR count). The zero-order valence-electron chi connectivity index (χ0n) is 21.7. The van der Waals surface area contributed by atoms with Gasteiger partial charge in [-0.1, -0.05) is 60.1 Å². The summed E-state index contributed by atoms with van der Waals surface area (Å²) in [5, 5.41) is 3.03. The van der Waals surface area contributed by atoms with E-state index in [1.165, 1.54) is 0 Å². The first-order chi connectivity index (χ1) is 18.3. The molecule has 2 unspecified atom stereocenters. The van der Waals surface area contributed by atoms with E-state index in [9.17, 15) is 14.4 Å². The summed E-state index contributed by atoms with van der Waals surface area (Å²) in [7, 11) is 0. The van der Waals surface area contributed by atoms with Crippen molar-refractivity contribution in [3.05, 3.63) is 74.8 Å². The van der Waals surface area contributed by atoms with Crippen molar-refractivity contribution in [2.75, 3.05) is 6.54 Å². The Balaban J connectivity index is 1.26. The van der Waals surface area contributed by atoms with Crippen LogP contribution in [0, 0.1) is 12.8 Å². The normalized spacial score (nSPS) is 17.7. The fourth-order valence-corrected chi connectivity index (χ4v) is 6.76. The van der Waals surface area contributed by atoms with Gasteiger partial charge in [0.1, 0.15) is 12.1 Å². The number of halogens is 1. The number of nitrogens with one attached hydrogen (secondary N) is 1. The zero-order valence-corrected chi connectivity index (χ0v) is 24.1. The fraction of sp³-hybridized carbons (Fsp3) is 0.379. The molecule has 2 atom stereocenters. The predicted octanol–water partition coefficient (Wildman–Crippen LogP) is 5.17. The number of hydrogen-bond acceptors (Lipinski definition) is 5. The number of rotatable bonds is 7. The number of fused-ring (bicyclic) bond motifs is 1. The highest BCUT2D eigenvalue weighted by Gasteiger charge is 2.44. The lowest BCUT2D eigenvalue weighted by atomic mass is 10.0. The van der Waals surface area contributed by atoms with E-state index in [0.717, 1.165) is 38.2 Å². The molecular formula is C29H31BrN4O3S. The smallest absolute Gasteiger partial charge is 0.255 e. The van der Waals surface area contributed by atoms with Gasteiger partial charge in [-0.05, 0) is 54.5 Å². The molecule has 2 aliphatic rings. The van der Waals surface area contributed by atoms with E-state index in [0.29, 0.717) is 31.6 Å². The summed E-state index contributed by atoms with van der Waals surface area (Å²) in [6.07, 6.45) is 1.38. The molecule has 0 spiro atoms. The summed E-state index contributed by atoms with van der Waals surface area (Å²) in [4.78, 5) is 49.2. The number of carbonyl (C=O) groups excluding carboxylic acids is 3. The number of likely N-dealkylation sites (tertiary alicyclic amines) is 1. The molecule has 198 valence electrons. The second kappa shape index (κ2) is 11.0. The maximum Gasteiger partial charge on any atom is 0.255 e. The molecule has 0 saturated carbocycles. The van der Waals surface area contributed by atoms with Crippen LogP contribution >= 0.6 is 27.3 Å². The topological polar surface area (TPSA) is 82.6 Å². The minimum absolute atomic E-state index is 0.0930. The van der Waals surface area contributed by atoms with E-state index >= 15 is 0 Å². The van der Waals surface area contributed by atoms with Crippen molar-refractivity contribution >= 4 is 45.0 Å². The van der Waals surface area contributed by atoms with Gasteiger partial charge >= 0.3 is 0 Å². The molecule has 1 N–H and O–H groups in total. The molecule has 0 radical (unpaired) electrons. The van der Waals surface area contributed by atoms with Crippen LogP contribution in [0.4, 0.5) is 0 Å². The second-order valence-electron chi connectivity index (χ2n) is 10.3. The lowest BCUT2D eigenvalue weighted by Crippen LogP contribution is -2.55. The van der Waals surface area contributed by atoms with Crippen molar-refractivity contribution in [1.29, 1.82) is 0 Å². The molecule has 38 heavy (non-hydrogen) atoms. The number of aryl methyl sites for hydroxylation is 1. The van der Waals surface area contributed by atoms with Gasteiger partial charge in [-0.25, -0.2) is 4.98 Å². The Labute approximate surface area is 235 Å². The molecule has 2 aliphatic heterocycles. The van der Waals surface area contributed by atoms with Crippen LogP contribution in [0.2, 0.25) is 0 Å². The Morgan fingerprint density at radius 1 is 1.18 bits per heavy atom. The van der Waals surface area contributed by atoms with E-state index in [1.54, 1.807) is 27.2 Å². The van der Waals surface area contributed by atoms with Crippen LogP contribution in [0.5, 0.6) is 0 Å². The first-order valence-corrected chi connectivity index (χ1v) is 14.6. The van der Waals surface area contributed by atoms with Gasteiger partial charge in [-0.15, -0.1) is 11.3 Å². The average Bonchev–Trinajstić information content (AvgIpc) is 3.63. The van der Waals surface area contributed by atoms with Crippen LogP contribution in [0.3, 0.4) is 0 Å². The van der Waals surface area contributed by atoms with Gasteiger partial charge in [-0.3, -0.25) is 14.4 Å². The van der Waals surface area contributed by atoms with E-state index in [4.69, 9.17) is 0 Å². The Morgan fingerprint density at radius 3 is 2.61 bits per heavy atom. The number of carbonyl (C=O) groups is 3. The van der Waals surface area contributed by atoms with Crippen LogP contribution in [0.25, 0.3) is 10.4 Å². The summed E-state index contributed by atoms with van der Waals surface area (Å²) in [6, 6.07) is 12.5. The van der Waals surface area contributed by atoms with E-state index in [2.05, 4.69) is 26.2 Å². The van der Waals surface area contributed by atoms with Gasteiger partial charge in [0.25, 0.3) is 5.91 Å². The number of aromatic nitrogens is 1. The molecule has 2 aromatic carbocycles. The van der Waals surface area contributed by atoms with Crippen LogP contribution in [0.15, 0.2) is 52.4 Å². The average molecular weight is 596 g/mol. The highest BCUT2D eigenvalue weighted by molar-refractivity contribution is 9.10. The van der Waals surface area contributed by atoms with Crippen LogP contribution in [-0.4, -0.2) is 51.1 Å². The quantitative estimate of drug-likeness (QED) is 0.409. The third-order valence-electron chi connectivity index (χ3n) is 7.43. The highest BCUT2D eigenvalue weighted by atomic mass is 79.9. The van der Waals surface area contributed by atoms with Crippen molar-refractivity contribution < 1.29 is 14.4 Å². The third kappa shape index (κ3) is 5.01. The van der Waals surface area contributed by atoms with Crippen LogP contribution in [-0.2, 0) is 22.7 Å². The summed E-state index contributed by atoms with van der Waals surface area (Å²) in [5.41, 5.74) is 6.49. The molecule has 0 bridgehead atoms. The minimum atomic E-state index is -0.627. The number of hydrogen-bond donors (Lipinski definition) is 1. The first-order valence-electron chi connectivity index (χ1n) is 12.9. The largest absolute Gasteiger partial charge is 0.350 e. The minimum Gasteiger partial charge on any atom is -0.350 e. The molecule has 3 amide bonds. The van der Waals surface area contributed by atoms with Crippen molar-refractivity contribution in [2.45, 2.75) is 58.8 Å². The Hall–Kier alpha value is -3.04. The molecule has 3 aromatic rings. The van der Waals surface area contributed by atoms with Gasteiger partial charge in [0.05, 0.1) is 16.1 Å². The molecule has 7 nitrogen and oxygen atoms in total. The SMILES string of the molecule is Cc1ncsc1-c1ccc(CNC(=O)C2CCCN2C(=O)C(C(C)C)N2Cc3c(Br)cccc3C2=O)cc1. The fourth-order valence-electron chi connectivity index (χ4n) is 5.45. The number of amides is 3. The van der Waals surface area contributed by atoms with E-state index in [1.807, 2.05) is 62.7 Å². The molecule has 1 aromatic heterocycles. The molecule has 9 heteroatoms. The molecule has 1 saturated heterocycles. The van der Waals surface area contributed by atoms with Crippen molar-refractivity contribution in [3.63, 3.8) is 0 Å². The standard InChI is InChI=1S/C29H31BrN4O3S/c1-17(2)25(34-15-22-21(28(34)36)6-4-7-23(22)30)29(37)33-13-5-8-24(33)27(35)31-14-19-9-11-20(12-10-19)26-18(3)32-16-38-26/h4,6-7,9-12,16-17,24-25H,5,8,13-15H2,1-3H3,(H,31,35). The zero-order chi connectivity index (χ0) is 27.0.